The molecule has 2 bridgehead atoms. The maximum absolute atomic E-state index is 13.7. The Hall–Kier alpha value is -2.95. The first-order valence-corrected chi connectivity index (χ1v) is 10.7. The third-order valence-electron chi connectivity index (χ3n) is 7.10. The van der Waals surface area contributed by atoms with Crippen LogP contribution in [0.25, 0.3) is 0 Å². The first-order chi connectivity index (χ1) is 14.6. The third-order valence-corrected chi connectivity index (χ3v) is 7.10. The molecule has 154 valence electrons. The molecular formula is C25H25NO4. The van der Waals surface area contributed by atoms with E-state index in [4.69, 9.17) is 4.74 Å². The fourth-order valence-corrected chi connectivity index (χ4v) is 5.89. The number of amides is 2. The molecule has 0 spiro atoms. The highest BCUT2D eigenvalue weighted by molar-refractivity contribution is 6.10. The van der Waals surface area contributed by atoms with Crippen LogP contribution >= 0.6 is 0 Å². The quantitative estimate of drug-likeness (QED) is 0.565. The van der Waals surface area contributed by atoms with Gasteiger partial charge in [-0.15, -0.1) is 0 Å². The Morgan fingerprint density at radius 3 is 1.70 bits per heavy atom. The predicted molar refractivity (Wildman–Crippen MR) is 111 cm³/mol. The fourth-order valence-electron chi connectivity index (χ4n) is 5.89. The number of imide groups is 1. The van der Waals surface area contributed by atoms with Gasteiger partial charge in [0.05, 0.1) is 18.9 Å². The smallest absolute Gasteiger partial charge is 0.329 e. The molecule has 3 aliphatic carbocycles. The SMILES string of the molecule is CCCCC(C(=O)OC)N1C(=O)C2C3c4ccccc4C(c4ccccc43)C2C1=O. The van der Waals surface area contributed by atoms with Gasteiger partial charge >= 0.3 is 5.97 Å². The zero-order chi connectivity index (χ0) is 21.0. The number of ether oxygens (including phenoxy) is 1. The minimum absolute atomic E-state index is 0.154. The summed E-state index contributed by atoms with van der Waals surface area (Å²) in [7, 11) is 1.31. The monoisotopic (exact) mass is 403 g/mol. The van der Waals surface area contributed by atoms with Crippen LogP contribution in [0.3, 0.4) is 0 Å². The summed E-state index contributed by atoms with van der Waals surface area (Å²) >= 11 is 0. The van der Waals surface area contributed by atoms with Crippen LogP contribution in [-0.4, -0.2) is 35.8 Å². The number of esters is 1. The molecule has 0 radical (unpaired) electrons. The highest BCUT2D eigenvalue weighted by atomic mass is 16.5. The number of hydrogen-bond donors (Lipinski definition) is 0. The zero-order valence-electron chi connectivity index (χ0n) is 17.2. The van der Waals surface area contributed by atoms with Gasteiger partial charge in [0.1, 0.15) is 6.04 Å². The summed E-state index contributed by atoms with van der Waals surface area (Å²) in [6.45, 7) is 2.02. The van der Waals surface area contributed by atoms with Gasteiger partial charge in [0.25, 0.3) is 0 Å². The van der Waals surface area contributed by atoms with Crippen molar-refractivity contribution in [1.29, 1.82) is 0 Å². The minimum Gasteiger partial charge on any atom is -0.467 e. The van der Waals surface area contributed by atoms with Gasteiger partial charge in [-0.3, -0.25) is 14.5 Å². The number of benzene rings is 2. The molecule has 0 saturated carbocycles. The lowest BCUT2D eigenvalue weighted by Gasteiger charge is -2.45. The van der Waals surface area contributed by atoms with Crippen molar-refractivity contribution in [3.8, 4) is 0 Å². The lowest BCUT2D eigenvalue weighted by molar-refractivity contribution is -0.157. The average Bonchev–Trinajstić information content (AvgIpc) is 3.05. The van der Waals surface area contributed by atoms with E-state index in [9.17, 15) is 14.4 Å². The van der Waals surface area contributed by atoms with Crippen molar-refractivity contribution in [2.45, 2.75) is 44.1 Å². The van der Waals surface area contributed by atoms with E-state index in [2.05, 4.69) is 24.3 Å². The summed E-state index contributed by atoms with van der Waals surface area (Å²) < 4.78 is 4.98. The summed E-state index contributed by atoms with van der Waals surface area (Å²) in [5.41, 5.74) is 4.53. The molecule has 1 aliphatic heterocycles. The van der Waals surface area contributed by atoms with Crippen LogP contribution in [0.5, 0.6) is 0 Å². The second-order valence-corrected chi connectivity index (χ2v) is 8.49. The molecule has 5 nitrogen and oxygen atoms in total. The number of likely N-dealkylation sites (tertiary alicyclic amines) is 1. The van der Waals surface area contributed by atoms with Crippen molar-refractivity contribution in [3.63, 3.8) is 0 Å². The molecule has 3 atom stereocenters. The lowest BCUT2D eigenvalue weighted by Crippen LogP contribution is -2.46. The molecule has 3 unspecified atom stereocenters. The second kappa shape index (κ2) is 7.08. The van der Waals surface area contributed by atoms with Crippen molar-refractivity contribution in [2.75, 3.05) is 7.11 Å². The van der Waals surface area contributed by atoms with Crippen LogP contribution in [0, 0.1) is 11.8 Å². The third kappa shape index (κ3) is 2.44. The number of carbonyl (C=O) groups excluding carboxylic acids is 3. The molecule has 2 amide bonds. The highest BCUT2D eigenvalue weighted by Crippen LogP contribution is 2.61. The van der Waals surface area contributed by atoms with E-state index in [1.165, 1.54) is 12.0 Å². The van der Waals surface area contributed by atoms with Crippen LogP contribution in [0.4, 0.5) is 0 Å². The normalized spacial score (nSPS) is 26.8. The second-order valence-electron chi connectivity index (χ2n) is 8.49. The van der Waals surface area contributed by atoms with Gasteiger partial charge in [-0.05, 0) is 28.7 Å². The van der Waals surface area contributed by atoms with Gasteiger partial charge in [0.2, 0.25) is 11.8 Å². The summed E-state index contributed by atoms with van der Waals surface area (Å²) in [5.74, 6) is -2.18. The molecule has 0 N–H and O–H groups in total. The van der Waals surface area contributed by atoms with E-state index >= 15 is 0 Å². The number of nitrogens with zero attached hydrogens (tertiary/aromatic N) is 1. The van der Waals surface area contributed by atoms with E-state index in [1.807, 2.05) is 31.2 Å². The first-order valence-electron chi connectivity index (χ1n) is 10.7. The Balaban J connectivity index is 1.64. The molecule has 1 heterocycles. The van der Waals surface area contributed by atoms with Crippen LogP contribution in [0.1, 0.15) is 60.3 Å². The topological polar surface area (TPSA) is 63.7 Å². The molecule has 4 aliphatic rings. The Kier molecular flexibility index (Phi) is 4.49. The fraction of sp³-hybridized carbons (Fsp3) is 0.400. The molecule has 5 heteroatoms. The van der Waals surface area contributed by atoms with Crippen LogP contribution in [0.15, 0.2) is 48.5 Å². The Morgan fingerprint density at radius 1 is 0.900 bits per heavy atom. The Bertz CT molecular complexity index is 929. The Labute approximate surface area is 176 Å². The number of unbranched alkanes of at least 4 members (excludes halogenated alkanes) is 1. The molecular weight excluding hydrogens is 378 g/mol. The van der Waals surface area contributed by atoms with Crippen LogP contribution in [-0.2, 0) is 19.1 Å². The van der Waals surface area contributed by atoms with Gasteiger partial charge in [-0.1, -0.05) is 68.3 Å². The van der Waals surface area contributed by atoms with Gasteiger partial charge in [0, 0.05) is 11.8 Å². The first kappa shape index (κ1) is 19.0. The van der Waals surface area contributed by atoms with Crippen LogP contribution in [0.2, 0.25) is 0 Å². The molecule has 2 aromatic carbocycles. The minimum atomic E-state index is -0.842. The Morgan fingerprint density at radius 2 is 1.33 bits per heavy atom. The van der Waals surface area contributed by atoms with Crippen molar-refractivity contribution in [2.24, 2.45) is 11.8 Å². The molecule has 30 heavy (non-hydrogen) atoms. The zero-order valence-corrected chi connectivity index (χ0v) is 17.2. The van der Waals surface area contributed by atoms with Gasteiger partial charge in [0.15, 0.2) is 0 Å². The molecule has 0 aromatic heterocycles. The summed E-state index contributed by atoms with van der Waals surface area (Å²) in [6.07, 6.45) is 2.06. The summed E-state index contributed by atoms with van der Waals surface area (Å²) in [4.78, 5) is 41.2. The van der Waals surface area contributed by atoms with E-state index in [-0.39, 0.29) is 23.7 Å². The van der Waals surface area contributed by atoms with Crippen LogP contribution < -0.4 is 0 Å². The van der Waals surface area contributed by atoms with Gasteiger partial charge < -0.3 is 4.74 Å². The molecule has 6 rings (SSSR count). The van der Waals surface area contributed by atoms with Crippen molar-refractivity contribution in [3.05, 3.63) is 70.8 Å². The number of carbonyl (C=O) groups is 3. The summed E-state index contributed by atoms with van der Waals surface area (Å²) in [5, 5.41) is 0. The van der Waals surface area contributed by atoms with E-state index in [1.54, 1.807) is 0 Å². The largest absolute Gasteiger partial charge is 0.467 e. The maximum atomic E-state index is 13.7. The molecule has 2 aromatic rings. The summed E-state index contributed by atoms with van der Waals surface area (Å²) in [6, 6.07) is 15.4. The van der Waals surface area contributed by atoms with E-state index in [0.717, 1.165) is 35.1 Å². The predicted octanol–water partition coefficient (Wildman–Crippen LogP) is 3.61. The van der Waals surface area contributed by atoms with E-state index < -0.39 is 23.8 Å². The number of methoxy groups -OCH3 is 1. The van der Waals surface area contributed by atoms with Crippen molar-refractivity contribution >= 4 is 17.8 Å². The van der Waals surface area contributed by atoms with Crippen molar-refractivity contribution < 1.29 is 19.1 Å². The molecule has 1 fully saturated rings. The standard InChI is InChI=1S/C25H25NO4/c1-3-4-13-18(25(29)30-2)26-23(27)21-19-14-9-5-6-10-15(14)20(22(21)24(26)28)17-12-8-7-11-16(17)19/h5-12,18-22H,3-4,13H2,1-2H3. The maximum Gasteiger partial charge on any atom is 0.329 e. The van der Waals surface area contributed by atoms with Gasteiger partial charge in [-0.2, -0.15) is 0 Å². The average molecular weight is 403 g/mol. The number of rotatable bonds is 5. The highest BCUT2D eigenvalue weighted by Gasteiger charge is 2.63. The van der Waals surface area contributed by atoms with Gasteiger partial charge in [-0.25, -0.2) is 4.79 Å². The van der Waals surface area contributed by atoms with Crippen molar-refractivity contribution in [1.82, 2.24) is 4.90 Å². The molecule has 1 saturated heterocycles. The number of hydrogen-bond acceptors (Lipinski definition) is 4. The van der Waals surface area contributed by atoms with E-state index in [0.29, 0.717) is 6.42 Å². The lowest BCUT2D eigenvalue weighted by atomic mass is 9.55.